The third-order valence-electron chi connectivity index (χ3n) is 2.37. The van der Waals surface area contributed by atoms with E-state index in [1.165, 1.54) is 25.7 Å². The minimum atomic E-state index is 0.448. The molecule has 1 aromatic heterocycles. The van der Waals surface area contributed by atoms with E-state index in [-0.39, 0.29) is 0 Å². The molecule has 1 aromatic rings. The van der Waals surface area contributed by atoms with Gasteiger partial charge in [-0.15, -0.1) is 0 Å². The van der Waals surface area contributed by atoms with Crippen molar-refractivity contribution in [2.45, 2.75) is 38.4 Å². The van der Waals surface area contributed by atoms with Crippen LogP contribution < -0.4 is 0 Å². The summed E-state index contributed by atoms with van der Waals surface area (Å²) in [6.45, 7) is 0.561. The first-order valence-corrected chi connectivity index (χ1v) is 4.82. The van der Waals surface area contributed by atoms with Crippen LogP contribution in [0.15, 0.2) is 18.5 Å². The van der Waals surface area contributed by atoms with E-state index in [1.807, 2.05) is 6.07 Å². The Bertz CT molecular complexity index is 244. The quantitative estimate of drug-likeness (QED) is 0.709. The van der Waals surface area contributed by atoms with Crippen LogP contribution in [-0.4, -0.2) is 16.1 Å². The molecule has 0 N–H and O–H groups in total. The fourth-order valence-corrected chi connectivity index (χ4v) is 1.65. The van der Waals surface area contributed by atoms with Crippen LogP contribution in [0.2, 0.25) is 0 Å². The normalized spacial score (nSPS) is 17.8. The molecule has 3 nitrogen and oxygen atoms in total. The molecule has 0 aromatic carbocycles. The first-order chi connectivity index (χ1) is 6.45. The predicted molar refractivity (Wildman–Crippen MR) is 49.1 cm³/mol. The molecule has 0 radical (unpaired) electrons. The zero-order chi connectivity index (χ0) is 8.93. The van der Waals surface area contributed by atoms with Gasteiger partial charge in [0, 0.05) is 12.4 Å². The molecular formula is C10H14N2O. The maximum absolute atomic E-state index is 5.66. The Balaban J connectivity index is 1.79. The van der Waals surface area contributed by atoms with Crippen molar-refractivity contribution in [3.63, 3.8) is 0 Å². The Hall–Kier alpha value is -0.960. The zero-order valence-electron chi connectivity index (χ0n) is 7.65. The summed E-state index contributed by atoms with van der Waals surface area (Å²) in [4.78, 5) is 8.21. The van der Waals surface area contributed by atoms with Gasteiger partial charge in [-0.05, 0) is 18.9 Å². The summed E-state index contributed by atoms with van der Waals surface area (Å²) in [5.74, 6) is 0.786. The first kappa shape index (κ1) is 8.63. The fourth-order valence-electron chi connectivity index (χ4n) is 1.65. The number of nitrogens with zero attached hydrogens (tertiary/aromatic N) is 2. The maximum Gasteiger partial charge on any atom is 0.153 e. The van der Waals surface area contributed by atoms with Crippen LogP contribution in [-0.2, 0) is 11.3 Å². The fraction of sp³-hybridized carbons (Fsp3) is 0.600. The van der Waals surface area contributed by atoms with E-state index >= 15 is 0 Å². The van der Waals surface area contributed by atoms with Crippen molar-refractivity contribution >= 4 is 0 Å². The number of hydrogen-bond donors (Lipinski definition) is 0. The monoisotopic (exact) mass is 178 g/mol. The van der Waals surface area contributed by atoms with E-state index in [0.717, 1.165) is 5.82 Å². The Labute approximate surface area is 78.2 Å². The minimum Gasteiger partial charge on any atom is -0.370 e. The molecule has 3 heteroatoms. The number of hydrogen-bond acceptors (Lipinski definition) is 3. The van der Waals surface area contributed by atoms with Gasteiger partial charge in [0.1, 0.15) is 6.61 Å². The van der Waals surface area contributed by atoms with E-state index < -0.39 is 0 Å². The summed E-state index contributed by atoms with van der Waals surface area (Å²) in [6.07, 6.45) is 8.96. The van der Waals surface area contributed by atoms with Crippen LogP contribution in [0.25, 0.3) is 0 Å². The van der Waals surface area contributed by atoms with Crippen molar-refractivity contribution in [3.8, 4) is 0 Å². The minimum absolute atomic E-state index is 0.448. The van der Waals surface area contributed by atoms with E-state index in [9.17, 15) is 0 Å². The molecule has 0 aliphatic heterocycles. The summed E-state index contributed by atoms with van der Waals surface area (Å²) in [7, 11) is 0. The lowest BCUT2D eigenvalue weighted by molar-refractivity contribution is 0.0417. The molecule has 1 heterocycles. The average molecular weight is 178 g/mol. The molecule has 0 unspecified atom stereocenters. The highest BCUT2D eigenvalue weighted by atomic mass is 16.5. The summed E-state index contributed by atoms with van der Waals surface area (Å²) in [5, 5.41) is 0. The Kier molecular flexibility index (Phi) is 2.87. The molecule has 0 bridgehead atoms. The summed E-state index contributed by atoms with van der Waals surface area (Å²) < 4.78 is 5.66. The standard InChI is InChI=1S/C10H14N2O/c1-2-5-9(4-1)13-8-10-11-6-3-7-12-10/h3,6-7,9H,1-2,4-5,8H2. The van der Waals surface area contributed by atoms with Gasteiger partial charge >= 0.3 is 0 Å². The third-order valence-corrected chi connectivity index (χ3v) is 2.37. The van der Waals surface area contributed by atoms with Gasteiger partial charge in [0.15, 0.2) is 5.82 Å². The highest BCUT2D eigenvalue weighted by Gasteiger charge is 2.15. The second-order valence-electron chi connectivity index (χ2n) is 3.38. The van der Waals surface area contributed by atoms with Crippen LogP contribution in [0.5, 0.6) is 0 Å². The lowest BCUT2D eigenvalue weighted by Crippen LogP contribution is -2.08. The molecule has 1 fully saturated rings. The molecule has 2 rings (SSSR count). The van der Waals surface area contributed by atoms with Crippen LogP contribution in [0.4, 0.5) is 0 Å². The number of ether oxygens (including phenoxy) is 1. The molecule has 1 saturated carbocycles. The molecular weight excluding hydrogens is 164 g/mol. The summed E-state index contributed by atoms with van der Waals surface area (Å²) in [5.41, 5.74) is 0. The van der Waals surface area contributed by atoms with Crippen LogP contribution in [0.3, 0.4) is 0 Å². The molecule has 0 spiro atoms. The largest absolute Gasteiger partial charge is 0.370 e. The van der Waals surface area contributed by atoms with Gasteiger partial charge in [0.05, 0.1) is 6.10 Å². The molecule has 1 aliphatic carbocycles. The van der Waals surface area contributed by atoms with Gasteiger partial charge in [-0.3, -0.25) is 0 Å². The summed E-state index contributed by atoms with van der Waals surface area (Å²) >= 11 is 0. The van der Waals surface area contributed by atoms with E-state index in [2.05, 4.69) is 9.97 Å². The van der Waals surface area contributed by atoms with Crippen molar-refractivity contribution in [1.29, 1.82) is 0 Å². The van der Waals surface area contributed by atoms with Crippen molar-refractivity contribution in [2.75, 3.05) is 0 Å². The van der Waals surface area contributed by atoms with E-state index in [4.69, 9.17) is 4.74 Å². The Morgan fingerprint density at radius 3 is 2.62 bits per heavy atom. The summed E-state index contributed by atoms with van der Waals surface area (Å²) in [6, 6.07) is 1.82. The van der Waals surface area contributed by atoms with Crippen LogP contribution >= 0.6 is 0 Å². The molecule has 0 atom stereocenters. The number of aromatic nitrogens is 2. The lowest BCUT2D eigenvalue weighted by Gasteiger charge is -2.09. The van der Waals surface area contributed by atoms with Crippen LogP contribution in [0.1, 0.15) is 31.5 Å². The van der Waals surface area contributed by atoms with Gasteiger partial charge in [0.2, 0.25) is 0 Å². The highest BCUT2D eigenvalue weighted by Crippen LogP contribution is 2.21. The van der Waals surface area contributed by atoms with Gasteiger partial charge in [0.25, 0.3) is 0 Å². The van der Waals surface area contributed by atoms with Crippen molar-refractivity contribution in [1.82, 2.24) is 9.97 Å². The Morgan fingerprint density at radius 1 is 1.23 bits per heavy atom. The molecule has 1 aliphatic rings. The van der Waals surface area contributed by atoms with Gasteiger partial charge in [-0.25, -0.2) is 9.97 Å². The maximum atomic E-state index is 5.66. The molecule has 0 saturated heterocycles. The molecule has 13 heavy (non-hydrogen) atoms. The first-order valence-electron chi connectivity index (χ1n) is 4.82. The van der Waals surface area contributed by atoms with Gasteiger partial charge in [-0.2, -0.15) is 0 Å². The second kappa shape index (κ2) is 4.33. The average Bonchev–Trinajstić information content (AvgIpc) is 2.69. The highest BCUT2D eigenvalue weighted by molar-refractivity contribution is 4.86. The van der Waals surface area contributed by atoms with Crippen LogP contribution in [0, 0.1) is 0 Å². The molecule has 70 valence electrons. The van der Waals surface area contributed by atoms with Crippen molar-refractivity contribution in [2.24, 2.45) is 0 Å². The smallest absolute Gasteiger partial charge is 0.153 e. The topological polar surface area (TPSA) is 35.0 Å². The SMILES string of the molecule is c1cnc(COC2CCCC2)nc1. The van der Waals surface area contributed by atoms with Crippen molar-refractivity contribution < 1.29 is 4.74 Å². The molecule has 0 amide bonds. The van der Waals surface area contributed by atoms with Gasteiger partial charge < -0.3 is 4.74 Å². The number of rotatable bonds is 3. The lowest BCUT2D eigenvalue weighted by atomic mass is 10.3. The zero-order valence-corrected chi connectivity index (χ0v) is 7.65. The van der Waals surface area contributed by atoms with E-state index in [0.29, 0.717) is 12.7 Å². The third kappa shape index (κ3) is 2.49. The van der Waals surface area contributed by atoms with Gasteiger partial charge in [-0.1, -0.05) is 12.8 Å². The van der Waals surface area contributed by atoms with E-state index in [1.54, 1.807) is 12.4 Å². The second-order valence-corrected chi connectivity index (χ2v) is 3.38. The van der Waals surface area contributed by atoms with Crippen molar-refractivity contribution in [3.05, 3.63) is 24.3 Å². The predicted octanol–water partition coefficient (Wildman–Crippen LogP) is 1.94. The Morgan fingerprint density at radius 2 is 1.92 bits per heavy atom.